The number of hydrogen-bond acceptors (Lipinski definition) is 5. The summed E-state index contributed by atoms with van der Waals surface area (Å²) in [7, 11) is -1.72. The van der Waals surface area contributed by atoms with E-state index in [0.29, 0.717) is 11.5 Å². The van der Waals surface area contributed by atoms with E-state index < -0.39 is 10.4 Å². The van der Waals surface area contributed by atoms with E-state index in [0.717, 1.165) is 0 Å². The monoisotopic (exact) mass is 234 g/mol. The van der Waals surface area contributed by atoms with Crippen LogP contribution in [0.2, 0.25) is 0 Å². The molecule has 15 heavy (non-hydrogen) atoms. The fraction of sp³-hybridized carbons (Fsp3) is 0.250. The molecule has 0 spiro atoms. The molecule has 0 saturated carbocycles. The topological polar surface area (TPSA) is 82.1 Å². The first-order valence-corrected chi connectivity index (χ1v) is 5.21. The van der Waals surface area contributed by atoms with Crippen molar-refractivity contribution >= 4 is 10.4 Å². The zero-order valence-electron chi connectivity index (χ0n) is 8.13. The van der Waals surface area contributed by atoms with E-state index in [9.17, 15) is 8.42 Å². The van der Waals surface area contributed by atoms with Crippen LogP contribution in [0.15, 0.2) is 18.2 Å². The van der Waals surface area contributed by atoms with E-state index in [1.807, 2.05) is 0 Å². The zero-order valence-corrected chi connectivity index (χ0v) is 8.95. The third kappa shape index (κ3) is 3.64. The summed E-state index contributed by atoms with van der Waals surface area (Å²) in [6.07, 6.45) is 0. The van der Waals surface area contributed by atoms with Crippen LogP contribution in [-0.2, 0) is 10.4 Å². The van der Waals surface area contributed by atoms with Crippen LogP contribution in [0, 0.1) is 0 Å². The van der Waals surface area contributed by atoms with Crippen LogP contribution >= 0.6 is 0 Å². The molecule has 0 aliphatic heterocycles. The van der Waals surface area contributed by atoms with Gasteiger partial charge >= 0.3 is 10.4 Å². The van der Waals surface area contributed by atoms with Crippen molar-refractivity contribution in [2.45, 2.75) is 0 Å². The second-order valence-corrected chi connectivity index (χ2v) is 3.58. The lowest BCUT2D eigenvalue weighted by Crippen LogP contribution is -2.06. The number of ether oxygens (including phenoxy) is 2. The van der Waals surface area contributed by atoms with Gasteiger partial charge in [-0.2, -0.15) is 8.42 Å². The average molecular weight is 234 g/mol. The Morgan fingerprint density at radius 3 is 1.73 bits per heavy atom. The molecule has 1 N–H and O–H groups in total. The first-order chi connectivity index (χ1) is 6.94. The summed E-state index contributed by atoms with van der Waals surface area (Å²) in [6, 6.07) is 4.14. The summed E-state index contributed by atoms with van der Waals surface area (Å²) in [5.41, 5.74) is 0. The van der Waals surface area contributed by atoms with Gasteiger partial charge < -0.3 is 13.7 Å². The van der Waals surface area contributed by atoms with Crippen molar-refractivity contribution in [3.8, 4) is 17.2 Å². The van der Waals surface area contributed by atoms with Gasteiger partial charge in [-0.25, -0.2) is 0 Å². The molecule has 0 fully saturated rings. The van der Waals surface area contributed by atoms with Crippen LogP contribution in [0.4, 0.5) is 0 Å². The molecule has 0 heterocycles. The van der Waals surface area contributed by atoms with Gasteiger partial charge in [-0.15, -0.1) is 0 Å². The van der Waals surface area contributed by atoms with E-state index in [4.69, 9.17) is 14.0 Å². The van der Waals surface area contributed by atoms with E-state index >= 15 is 0 Å². The minimum Gasteiger partial charge on any atom is -0.496 e. The van der Waals surface area contributed by atoms with Gasteiger partial charge in [0.15, 0.2) is 5.75 Å². The molecule has 1 aromatic rings. The van der Waals surface area contributed by atoms with Crippen molar-refractivity contribution in [1.82, 2.24) is 0 Å². The Kier molecular flexibility index (Phi) is 3.38. The molecule has 7 heteroatoms. The molecule has 0 unspecified atom stereocenters. The summed E-state index contributed by atoms with van der Waals surface area (Å²) in [6.45, 7) is 0. The molecule has 0 aliphatic rings. The lowest BCUT2D eigenvalue weighted by molar-refractivity contribution is 0.374. The molecule has 1 aromatic carbocycles. The lowest BCUT2D eigenvalue weighted by Gasteiger charge is -2.07. The Morgan fingerprint density at radius 1 is 1.00 bits per heavy atom. The molecule has 0 radical (unpaired) electrons. The number of methoxy groups -OCH3 is 2. The Labute approximate surface area is 87.3 Å². The quantitative estimate of drug-likeness (QED) is 0.779. The highest BCUT2D eigenvalue weighted by Crippen LogP contribution is 2.27. The van der Waals surface area contributed by atoms with Crippen molar-refractivity contribution in [3.05, 3.63) is 18.2 Å². The van der Waals surface area contributed by atoms with Crippen LogP contribution in [0.3, 0.4) is 0 Å². The average Bonchev–Trinajstić information content (AvgIpc) is 2.14. The van der Waals surface area contributed by atoms with E-state index in [2.05, 4.69) is 4.18 Å². The Morgan fingerprint density at radius 2 is 1.40 bits per heavy atom. The minimum atomic E-state index is -4.54. The molecule has 84 valence electrons. The highest BCUT2D eigenvalue weighted by molar-refractivity contribution is 7.81. The van der Waals surface area contributed by atoms with Crippen molar-refractivity contribution in [2.24, 2.45) is 0 Å². The van der Waals surface area contributed by atoms with Crippen molar-refractivity contribution in [2.75, 3.05) is 14.2 Å². The highest BCUT2D eigenvalue weighted by Gasteiger charge is 2.09. The molecular formula is C8H10O6S. The minimum absolute atomic E-state index is 0.0892. The van der Waals surface area contributed by atoms with Crippen molar-refractivity contribution < 1.29 is 26.6 Å². The van der Waals surface area contributed by atoms with Gasteiger partial charge in [-0.3, -0.25) is 4.55 Å². The van der Waals surface area contributed by atoms with Crippen LogP contribution in [0.1, 0.15) is 0 Å². The largest absolute Gasteiger partial charge is 0.496 e. The van der Waals surface area contributed by atoms with Crippen LogP contribution in [0.5, 0.6) is 17.2 Å². The molecule has 6 nitrogen and oxygen atoms in total. The number of hydrogen-bond donors (Lipinski definition) is 1. The molecule has 0 aliphatic carbocycles. The van der Waals surface area contributed by atoms with Crippen LogP contribution < -0.4 is 13.7 Å². The summed E-state index contributed by atoms with van der Waals surface area (Å²) in [5, 5.41) is 0. The third-order valence-electron chi connectivity index (χ3n) is 1.53. The summed E-state index contributed by atoms with van der Waals surface area (Å²) >= 11 is 0. The van der Waals surface area contributed by atoms with Crippen LogP contribution in [0.25, 0.3) is 0 Å². The van der Waals surface area contributed by atoms with E-state index in [-0.39, 0.29) is 5.75 Å². The smallest absolute Gasteiger partial charge is 0.446 e. The van der Waals surface area contributed by atoms with E-state index in [1.54, 1.807) is 0 Å². The highest BCUT2D eigenvalue weighted by atomic mass is 32.3. The summed E-state index contributed by atoms with van der Waals surface area (Å²) in [4.78, 5) is 0. The molecule has 1 rings (SSSR count). The Hall–Kier alpha value is -1.47. The first-order valence-electron chi connectivity index (χ1n) is 3.84. The first kappa shape index (κ1) is 11.6. The maximum atomic E-state index is 10.5. The molecule has 0 atom stereocenters. The second kappa shape index (κ2) is 4.37. The molecular weight excluding hydrogens is 224 g/mol. The molecule has 0 saturated heterocycles. The zero-order chi connectivity index (χ0) is 11.5. The normalized spacial score (nSPS) is 10.9. The molecule has 0 amide bonds. The van der Waals surface area contributed by atoms with Crippen LogP contribution in [-0.4, -0.2) is 27.2 Å². The second-order valence-electron chi connectivity index (χ2n) is 2.56. The predicted octanol–water partition coefficient (Wildman–Crippen LogP) is 0.885. The van der Waals surface area contributed by atoms with Gasteiger partial charge in [0.2, 0.25) is 0 Å². The van der Waals surface area contributed by atoms with Gasteiger partial charge in [-0.1, -0.05) is 0 Å². The van der Waals surface area contributed by atoms with Gasteiger partial charge in [0.1, 0.15) is 11.5 Å². The SMILES string of the molecule is COc1cc(OC)cc(OS(=O)(=O)O)c1. The molecule has 0 aromatic heterocycles. The van der Waals surface area contributed by atoms with Crippen molar-refractivity contribution in [3.63, 3.8) is 0 Å². The predicted molar refractivity (Wildman–Crippen MR) is 51.7 cm³/mol. The maximum Gasteiger partial charge on any atom is 0.446 e. The molecule has 0 bridgehead atoms. The van der Waals surface area contributed by atoms with Gasteiger partial charge in [-0.05, 0) is 0 Å². The summed E-state index contributed by atoms with van der Waals surface area (Å²) < 4.78 is 43.4. The van der Waals surface area contributed by atoms with Crippen molar-refractivity contribution in [1.29, 1.82) is 0 Å². The number of benzene rings is 1. The third-order valence-corrected chi connectivity index (χ3v) is 1.93. The Bertz CT molecular complexity index is 416. The van der Waals surface area contributed by atoms with Gasteiger partial charge in [0.05, 0.1) is 14.2 Å². The van der Waals surface area contributed by atoms with Gasteiger partial charge in [0.25, 0.3) is 0 Å². The fourth-order valence-electron chi connectivity index (χ4n) is 0.951. The summed E-state index contributed by atoms with van der Waals surface area (Å²) in [5.74, 6) is 0.620. The maximum absolute atomic E-state index is 10.5. The van der Waals surface area contributed by atoms with Gasteiger partial charge in [0, 0.05) is 18.2 Å². The standard InChI is InChI=1S/C8H10O6S/c1-12-6-3-7(13-2)5-8(4-6)14-15(9,10)11/h3-5H,1-2H3,(H,9,10,11). The fourth-order valence-corrected chi connectivity index (χ4v) is 1.29. The van der Waals surface area contributed by atoms with E-state index in [1.165, 1.54) is 32.4 Å². The number of rotatable bonds is 4. The lowest BCUT2D eigenvalue weighted by atomic mass is 10.3. The Balaban J connectivity index is 3.07.